The minimum absolute atomic E-state index is 0.313. The predicted molar refractivity (Wildman–Crippen MR) is 75.5 cm³/mol. The SMILES string of the molecule is CCc1ccc(/C(=C/C(=O)O)C(CC)CC)cc1. The van der Waals surface area contributed by atoms with Crippen LogP contribution in [0.5, 0.6) is 0 Å². The van der Waals surface area contributed by atoms with Crippen LogP contribution in [0.25, 0.3) is 5.57 Å². The smallest absolute Gasteiger partial charge is 0.328 e. The molecule has 0 fully saturated rings. The van der Waals surface area contributed by atoms with E-state index >= 15 is 0 Å². The molecule has 0 saturated carbocycles. The van der Waals surface area contributed by atoms with Gasteiger partial charge in [0.1, 0.15) is 0 Å². The number of hydrogen-bond donors (Lipinski definition) is 1. The van der Waals surface area contributed by atoms with E-state index in [1.54, 1.807) is 0 Å². The van der Waals surface area contributed by atoms with Crippen LogP contribution in [-0.4, -0.2) is 11.1 Å². The second kappa shape index (κ2) is 7.00. The third kappa shape index (κ3) is 3.73. The number of rotatable bonds is 6. The van der Waals surface area contributed by atoms with E-state index in [1.165, 1.54) is 11.6 Å². The molecule has 0 aliphatic heterocycles. The molecule has 0 radical (unpaired) electrons. The summed E-state index contributed by atoms with van der Waals surface area (Å²) in [5, 5.41) is 9.01. The van der Waals surface area contributed by atoms with Crippen molar-refractivity contribution in [3.63, 3.8) is 0 Å². The standard InChI is InChI=1S/C16H22O2/c1-4-12-7-9-14(10-8-12)15(11-16(17)18)13(5-2)6-3/h7-11,13H,4-6H2,1-3H3,(H,17,18)/b15-11+. The lowest BCUT2D eigenvalue weighted by Crippen LogP contribution is -2.04. The van der Waals surface area contributed by atoms with Crippen LogP contribution in [0.2, 0.25) is 0 Å². The number of benzene rings is 1. The van der Waals surface area contributed by atoms with Crippen LogP contribution in [0.3, 0.4) is 0 Å². The van der Waals surface area contributed by atoms with E-state index in [1.807, 2.05) is 12.1 Å². The minimum Gasteiger partial charge on any atom is -0.478 e. The molecule has 1 aromatic rings. The average molecular weight is 246 g/mol. The summed E-state index contributed by atoms with van der Waals surface area (Å²) in [6.45, 7) is 6.32. The minimum atomic E-state index is -0.864. The van der Waals surface area contributed by atoms with Crippen molar-refractivity contribution in [3.8, 4) is 0 Å². The van der Waals surface area contributed by atoms with E-state index in [-0.39, 0.29) is 0 Å². The second-order valence-corrected chi connectivity index (χ2v) is 4.50. The lowest BCUT2D eigenvalue weighted by atomic mass is 9.87. The molecule has 1 rings (SSSR count). The van der Waals surface area contributed by atoms with Gasteiger partial charge in [0.15, 0.2) is 0 Å². The average Bonchev–Trinajstić information content (AvgIpc) is 2.38. The van der Waals surface area contributed by atoms with Crippen LogP contribution in [0, 0.1) is 5.92 Å². The third-order valence-corrected chi connectivity index (χ3v) is 3.40. The number of carboxylic acid groups (broad SMARTS) is 1. The van der Waals surface area contributed by atoms with Gasteiger partial charge in [-0.1, -0.05) is 45.0 Å². The highest BCUT2D eigenvalue weighted by Crippen LogP contribution is 2.28. The first-order chi connectivity index (χ1) is 8.62. The Kier molecular flexibility index (Phi) is 5.63. The fourth-order valence-electron chi connectivity index (χ4n) is 2.23. The number of carbonyl (C=O) groups is 1. The van der Waals surface area contributed by atoms with Crippen molar-refractivity contribution in [2.75, 3.05) is 0 Å². The van der Waals surface area contributed by atoms with Gasteiger partial charge in [-0.2, -0.15) is 0 Å². The van der Waals surface area contributed by atoms with E-state index in [4.69, 9.17) is 5.11 Å². The maximum Gasteiger partial charge on any atom is 0.328 e. The van der Waals surface area contributed by atoms with Gasteiger partial charge in [0.05, 0.1) is 0 Å². The van der Waals surface area contributed by atoms with E-state index in [9.17, 15) is 4.79 Å². The summed E-state index contributed by atoms with van der Waals surface area (Å²) in [7, 11) is 0. The Bertz CT molecular complexity index is 411. The molecule has 0 aromatic heterocycles. The van der Waals surface area contributed by atoms with Crippen molar-refractivity contribution in [1.29, 1.82) is 0 Å². The fraction of sp³-hybridized carbons (Fsp3) is 0.438. The molecule has 0 aliphatic carbocycles. The molecular weight excluding hydrogens is 224 g/mol. The van der Waals surface area contributed by atoms with Crippen LogP contribution < -0.4 is 0 Å². The van der Waals surface area contributed by atoms with E-state index in [0.29, 0.717) is 5.92 Å². The van der Waals surface area contributed by atoms with Gasteiger partial charge in [0.2, 0.25) is 0 Å². The number of hydrogen-bond acceptors (Lipinski definition) is 1. The Morgan fingerprint density at radius 2 is 1.72 bits per heavy atom. The molecule has 0 aliphatic rings. The Hall–Kier alpha value is -1.57. The highest BCUT2D eigenvalue weighted by molar-refractivity contribution is 5.90. The van der Waals surface area contributed by atoms with Crippen LogP contribution >= 0.6 is 0 Å². The van der Waals surface area contributed by atoms with Gasteiger partial charge in [-0.05, 0) is 41.9 Å². The van der Waals surface area contributed by atoms with Crippen molar-refractivity contribution in [2.24, 2.45) is 5.92 Å². The maximum absolute atomic E-state index is 11.0. The molecule has 98 valence electrons. The Morgan fingerprint density at radius 3 is 2.11 bits per heavy atom. The molecule has 0 saturated heterocycles. The first-order valence-electron chi connectivity index (χ1n) is 6.66. The number of aryl methyl sites for hydroxylation is 1. The lowest BCUT2D eigenvalue weighted by Gasteiger charge is -2.17. The molecule has 0 unspecified atom stereocenters. The van der Waals surface area contributed by atoms with Crippen LogP contribution in [0.1, 0.15) is 44.7 Å². The molecule has 0 heterocycles. The maximum atomic E-state index is 11.0. The Labute approximate surface area is 109 Å². The molecular formula is C16H22O2. The zero-order valence-electron chi connectivity index (χ0n) is 11.4. The molecule has 1 aromatic carbocycles. The Balaban J connectivity index is 3.12. The highest BCUT2D eigenvalue weighted by Gasteiger charge is 2.13. The van der Waals surface area contributed by atoms with Gasteiger partial charge >= 0.3 is 5.97 Å². The molecule has 0 amide bonds. The van der Waals surface area contributed by atoms with Gasteiger partial charge in [-0.25, -0.2) is 4.79 Å². The number of carboxylic acids is 1. The van der Waals surface area contributed by atoms with Crippen molar-refractivity contribution < 1.29 is 9.90 Å². The van der Waals surface area contributed by atoms with Gasteiger partial charge in [0.25, 0.3) is 0 Å². The summed E-state index contributed by atoms with van der Waals surface area (Å²) >= 11 is 0. The van der Waals surface area contributed by atoms with Gasteiger partial charge in [-0.3, -0.25) is 0 Å². The molecule has 2 heteroatoms. The summed E-state index contributed by atoms with van der Waals surface area (Å²) in [5.74, 6) is -0.551. The molecule has 1 N–H and O–H groups in total. The quantitative estimate of drug-likeness (QED) is 0.765. The molecule has 2 nitrogen and oxygen atoms in total. The van der Waals surface area contributed by atoms with Crippen molar-refractivity contribution in [2.45, 2.75) is 40.0 Å². The highest BCUT2D eigenvalue weighted by atomic mass is 16.4. The fourth-order valence-corrected chi connectivity index (χ4v) is 2.23. The van der Waals surface area contributed by atoms with Gasteiger partial charge in [0, 0.05) is 6.08 Å². The van der Waals surface area contributed by atoms with Crippen molar-refractivity contribution in [1.82, 2.24) is 0 Å². The normalized spacial score (nSPS) is 11.9. The van der Waals surface area contributed by atoms with Crippen molar-refractivity contribution >= 4 is 11.5 Å². The van der Waals surface area contributed by atoms with Crippen LogP contribution in [0.4, 0.5) is 0 Å². The second-order valence-electron chi connectivity index (χ2n) is 4.50. The lowest BCUT2D eigenvalue weighted by molar-refractivity contribution is -0.131. The van der Waals surface area contributed by atoms with Gasteiger partial charge < -0.3 is 5.11 Å². The predicted octanol–water partition coefficient (Wildman–Crippen LogP) is 4.15. The van der Waals surface area contributed by atoms with E-state index < -0.39 is 5.97 Å². The zero-order valence-corrected chi connectivity index (χ0v) is 11.4. The topological polar surface area (TPSA) is 37.3 Å². The summed E-state index contributed by atoms with van der Waals surface area (Å²) in [6.07, 6.45) is 4.29. The van der Waals surface area contributed by atoms with E-state index in [0.717, 1.165) is 30.4 Å². The summed E-state index contributed by atoms with van der Waals surface area (Å²) in [6, 6.07) is 8.22. The number of aliphatic carboxylic acids is 1. The molecule has 0 bridgehead atoms. The van der Waals surface area contributed by atoms with E-state index in [2.05, 4.69) is 32.9 Å². The zero-order chi connectivity index (χ0) is 13.5. The Morgan fingerprint density at radius 1 is 1.17 bits per heavy atom. The molecule has 0 spiro atoms. The first kappa shape index (κ1) is 14.5. The largest absolute Gasteiger partial charge is 0.478 e. The van der Waals surface area contributed by atoms with Gasteiger partial charge in [-0.15, -0.1) is 0 Å². The summed E-state index contributed by atoms with van der Waals surface area (Å²) in [4.78, 5) is 11.0. The van der Waals surface area contributed by atoms with Crippen LogP contribution in [0.15, 0.2) is 30.3 Å². The molecule has 18 heavy (non-hydrogen) atoms. The first-order valence-corrected chi connectivity index (χ1v) is 6.66. The summed E-state index contributed by atoms with van der Waals surface area (Å²) < 4.78 is 0. The number of allylic oxidation sites excluding steroid dienone is 1. The third-order valence-electron chi connectivity index (χ3n) is 3.40. The molecule has 0 atom stereocenters. The van der Waals surface area contributed by atoms with Crippen LogP contribution in [-0.2, 0) is 11.2 Å². The monoisotopic (exact) mass is 246 g/mol. The van der Waals surface area contributed by atoms with Crippen molar-refractivity contribution in [3.05, 3.63) is 41.5 Å². The summed E-state index contributed by atoms with van der Waals surface area (Å²) in [5.41, 5.74) is 3.25.